The molecule has 24 heavy (non-hydrogen) atoms. The predicted octanol–water partition coefficient (Wildman–Crippen LogP) is 2.34. The van der Waals surface area contributed by atoms with Crippen molar-refractivity contribution in [2.45, 2.75) is 16.1 Å². The van der Waals surface area contributed by atoms with E-state index in [4.69, 9.17) is 11.6 Å². The summed E-state index contributed by atoms with van der Waals surface area (Å²) in [7, 11) is -3.91. The second-order valence-corrected chi connectivity index (χ2v) is 8.32. The number of carbonyl (C=O) groups is 1. The largest absolute Gasteiger partial charge is 0.481 e. The van der Waals surface area contributed by atoms with Crippen LogP contribution in [0.1, 0.15) is 11.5 Å². The first kappa shape index (κ1) is 17.0. The van der Waals surface area contributed by atoms with Gasteiger partial charge in [-0.1, -0.05) is 41.9 Å². The number of halogens is 1. The molecule has 0 amide bonds. The van der Waals surface area contributed by atoms with Gasteiger partial charge in [-0.3, -0.25) is 4.79 Å². The summed E-state index contributed by atoms with van der Waals surface area (Å²) in [4.78, 5) is 11.8. The van der Waals surface area contributed by atoms with Crippen LogP contribution < -0.4 is 0 Å². The van der Waals surface area contributed by atoms with E-state index in [1.54, 1.807) is 42.5 Å². The van der Waals surface area contributed by atoms with Gasteiger partial charge in [0.1, 0.15) is 5.41 Å². The third-order valence-corrected chi connectivity index (χ3v) is 7.09. The highest BCUT2D eigenvalue weighted by molar-refractivity contribution is 7.92. The molecule has 0 aliphatic heterocycles. The summed E-state index contributed by atoms with van der Waals surface area (Å²) in [5.41, 5.74) is -1.22. The average molecular weight is 367 g/mol. The maximum absolute atomic E-state index is 12.9. The molecule has 1 aliphatic carbocycles. The molecule has 2 aromatic rings. The van der Waals surface area contributed by atoms with Gasteiger partial charge in [0.05, 0.1) is 16.8 Å². The predicted molar refractivity (Wildman–Crippen MR) is 88.8 cm³/mol. The fourth-order valence-corrected chi connectivity index (χ4v) is 5.78. The molecule has 2 N–H and O–H groups in total. The van der Waals surface area contributed by atoms with Crippen molar-refractivity contribution in [3.05, 3.63) is 65.2 Å². The van der Waals surface area contributed by atoms with E-state index in [-0.39, 0.29) is 4.90 Å². The molecule has 3 rings (SSSR count). The molecule has 0 aromatic heterocycles. The molecule has 1 fully saturated rings. The van der Waals surface area contributed by atoms with Gasteiger partial charge in [0.15, 0.2) is 9.84 Å². The van der Waals surface area contributed by atoms with Crippen molar-refractivity contribution in [3.63, 3.8) is 0 Å². The van der Waals surface area contributed by atoms with E-state index < -0.39 is 39.0 Å². The Morgan fingerprint density at radius 1 is 1.08 bits per heavy atom. The Bertz CT molecular complexity index is 864. The summed E-state index contributed by atoms with van der Waals surface area (Å²) >= 11 is 5.84. The monoisotopic (exact) mass is 366 g/mol. The lowest BCUT2D eigenvalue weighted by molar-refractivity contribution is -0.145. The van der Waals surface area contributed by atoms with E-state index in [9.17, 15) is 23.4 Å². The average Bonchev–Trinajstić information content (AvgIpc) is 3.28. The number of hydrogen-bond donors (Lipinski definition) is 2. The van der Waals surface area contributed by atoms with Gasteiger partial charge in [-0.05, 0) is 29.8 Å². The van der Waals surface area contributed by atoms with Crippen molar-refractivity contribution in [2.24, 2.45) is 5.41 Å². The lowest BCUT2D eigenvalue weighted by Crippen LogP contribution is -2.27. The van der Waals surface area contributed by atoms with Crippen LogP contribution in [0.2, 0.25) is 5.02 Å². The van der Waals surface area contributed by atoms with Gasteiger partial charge in [0.2, 0.25) is 0 Å². The summed E-state index contributed by atoms with van der Waals surface area (Å²) in [6.07, 6.45) is 0. The quantitative estimate of drug-likeness (QED) is 0.847. The molecule has 0 radical (unpaired) electrons. The second-order valence-electron chi connectivity index (χ2n) is 5.81. The van der Waals surface area contributed by atoms with Crippen LogP contribution in [0.15, 0.2) is 59.5 Å². The highest BCUT2D eigenvalue weighted by atomic mass is 35.5. The number of benzene rings is 2. The van der Waals surface area contributed by atoms with Crippen molar-refractivity contribution in [3.8, 4) is 0 Å². The van der Waals surface area contributed by atoms with E-state index in [1.165, 1.54) is 12.1 Å². The van der Waals surface area contributed by atoms with Crippen molar-refractivity contribution >= 4 is 27.4 Å². The Balaban J connectivity index is 2.11. The van der Waals surface area contributed by atoms with Gasteiger partial charge >= 0.3 is 5.97 Å². The molecule has 1 saturated carbocycles. The number of hydrogen-bond acceptors (Lipinski definition) is 4. The molecule has 0 unspecified atom stereocenters. The first-order chi connectivity index (χ1) is 11.4. The van der Waals surface area contributed by atoms with E-state index in [1.807, 2.05) is 0 Å². The van der Waals surface area contributed by atoms with E-state index in [2.05, 4.69) is 0 Å². The van der Waals surface area contributed by atoms with Crippen molar-refractivity contribution in [1.82, 2.24) is 0 Å². The maximum atomic E-state index is 12.9. The first-order valence-electron chi connectivity index (χ1n) is 7.24. The normalized spacial score (nSPS) is 26.1. The summed E-state index contributed by atoms with van der Waals surface area (Å²) in [5.74, 6) is -2.16. The Morgan fingerprint density at radius 3 is 2.17 bits per heavy atom. The van der Waals surface area contributed by atoms with Crippen LogP contribution in [-0.4, -0.2) is 36.5 Å². The Kier molecular flexibility index (Phi) is 4.15. The van der Waals surface area contributed by atoms with Crippen LogP contribution in [0.5, 0.6) is 0 Å². The molecular weight excluding hydrogens is 352 g/mol. The molecule has 1 aliphatic rings. The minimum Gasteiger partial charge on any atom is -0.481 e. The zero-order chi connectivity index (χ0) is 17.5. The number of carboxylic acid groups (broad SMARTS) is 1. The third kappa shape index (κ3) is 2.42. The number of aliphatic hydroxyl groups is 1. The van der Waals surface area contributed by atoms with Crippen LogP contribution in [0, 0.1) is 5.41 Å². The number of aliphatic hydroxyl groups excluding tert-OH is 1. The fraction of sp³-hybridized carbons (Fsp3) is 0.235. The molecule has 0 saturated heterocycles. The number of carboxylic acids is 1. The highest BCUT2D eigenvalue weighted by Crippen LogP contribution is 2.64. The smallest absolute Gasteiger partial charge is 0.314 e. The van der Waals surface area contributed by atoms with Crippen LogP contribution in [0.3, 0.4) is 0 Å². The molecule has 0 spiro atoms. The molecule has 0 heterocycles. The fourth-order valence-electron chi connectivity index (χ4n) is 3.27. The first-order valence-corrected chi connectivity index (χ1v) is 9.17. The summed E-state index contributed by atoms with van der Waals surface area (Å²) < 4.78 is 25.8. The second kappa shape index (κ2) is 5.88. The minimum absolute atomic E-state index is 0.0468. The standard InChI is InChI=1S/C17H15ClO5S/c18-12-8-6-11(7-9-12)14-15(17(14,10-19)16(20)21)24(22,23)13-4-2-1-3-5-13/h1-9,14-15,19H,10H2,(H,20,21)/t14-,15+,17+/m0/s1. The topological polar surface area (TPSA) is 91.7 Å². The third-order valence-electron chi connectivity index (χ3n) is 4.55. The Labute approximate surface area is 144 Å². The molecule has 0 bridgehead atoms. The summed E-state index contributed by atoms with van der Waals surface area (Å²) in [6.45, 7) is -0.758. The van der Waals surface area contributed by atoms with Gasteiger partial charge in [0.25, 0.3) is 0 Å². The SMILES string of the molecule is O=C(O)[C@@]1(CO)[C@H](S(=O)(=O)c2ccccc2)[C@@H]1c1ccc(Cl)cc1. The van der Waals surface area contributed by atoms with Crippen molar-refractivity contribution in [2.75, 3.05) is 6.61 Å². The van der Waals surface area contributed by atoms with Crippen LogP contribution in [-0.2, 0) is 14.6 Å². The highest BCUT2D eigenvalue weighted by Gasteiger charge is 2.75. The molecule has 7 heteroatoms. The molecular formula is C17H15ClO5S. The van der Waals surface area contributed by atoms with E-state index >= 15 is 0 Å². The number of rotatable bonds is 5. The van der Waals surface area contributed by atoms with Crippen LogP contribution in [0.25, 0.3) is 0 Å². The molecule has 126 valence electrons. The zero-order valence-corrected chi connectivity index (χ0v) is 14.0. The van der Waals surface area contributed by atoms with Gasteiger partial charge < -0.3 is 10.2 Å². The minimum atomic E-state index is -3.91. The molecule has 5 nitrogen and oxygen atoms in total. The zero-order valence-electron chi connectivity index (χ0n) is 12.5. The van der Waals surface area contributed by atoms with E-state index in [0.717, 1.165) is 0 Å². The van der Waals surface area contributed by atoms with Crippen molar-refractivity contribution < 1.29 is 23.4 Å². The number of aliphatic carboxylic acids is 1. The molecule has 3 atom stereocenters. The van der Waals surface area contributed by atoms with Gasteiger partial charge in [-0.25, -0.2) is 8.42 Å². The van der Waals surface area contributed by atoms with Crippen LogP contribution >= 0.6 is 11.6 Å². The number of sulfone groups is 1. The Hall–Kier alpha value is -1.89. The summed E-state index contributed by atoms with van der Waals surface area (Å²) in [6, 6.07) is 14.0. The van der Waals surface area contributed by atoms with Gasteiger partial charge in [-0.15, -0.1) is 0 Å². The van der Waals surface area contributed by atoms with Crippen LogP contribution in [0.4, 0.5) is 0 Å². The van der Waals surface area contributed by atoms with Gasteiger partial charge in [-0.2, -0.15) is 0 Å². The van der Waals surface area contributed by atoms with E-state index in [0.29, 0.717) is 10.6 Å². The van der Waals surface area contributed by atoms with Crippen molar-refractivity contribution in [1.29, 1.82) is 0 Å². The summed E-state index contributed by atoms with van der Waals surface area (Å²) in [5, 5.41) is 18.6. The molecule has 2 aromatic carbocycles. The maximum Gasteiger partial charge on any atom is 0.314 e. The lowest BCUT2D eigenvalue weighted by atomic mass is 10.0. The Morgan fingerprint density at radius 2 is 1.67 bits per heavy atom. The van der Waals surface area contributed by atoms with Gasteiger partial charge in [0, 0.05) is 10.9 Å². The lowest BCUT2D eigenvalue weighted by Gasteiger charge is -2.09.